The van der Waals surface area contributed by atoms with Gasteiger partial charge >= 0.3 is 0 Å². The Hall–Kier alpha value is -4.43. The van der Waals surface area contributed by atoms with Crippen molar-refractivity contribution >= 4 is 28.3 Å². The molecule has 1 atom stereocenters. The molecule has 3 heterocycles. The van der Waals surface area contributed by atoms with Gasteiger partial charge in [0, 0.05) is 38.5 Å². The molecule has 1 unspecified atom stereocenters. The highest BCUT2D eigenvalue weighted by Gasteiger charge is 2.33. The number of ether oxygens (including phenoxy) is 2. The van der Waals surface area contributed by atoms with Gasteiger partial charge in [0.1, 0.15) is 28.9 Å². The van der Waals surface area contributed by atoms with Crippen LogP contribution < -0.4 is 20.9 Å². The largest absolute Gasteiger partial charge is 0.485 e. The molecule has 2 fully saturated rings. The summed E-state index contributed by atoms with van der Waals surface area (Å²) in [4.78, 5) is 38.8. The van der Waals surface area contributed by atoms with E-state index in [2.05, 4.69) is 16.2 Å². The van der Waals surface area contributed by atoms with E-state index in [0.717, 1.165) is 37.0 Å². The minimum atomic E-state index is -0.843. The maximum absolute atomic E-state index is 13.5. The summed E-state index contributed by atoms with van der Waals surface area (Å²) in [5.74, 6) is -0.399. The van der Waals surface area contributed by atoms with Gasteiger partial charge < -0.3 is 29.5 Å². The van der Waals surface area contributed by atoms with Crippen molar-refractivity contribution in [3.63, 3.8) is 0 Å². The van der Waals surface area contributed by atoms with Crippen LogP contribution >= 0.6 is 0 Å². The van der Waals surface area contributed by atoms with Gasteiger partial charge in [-0.1, -0.05) is 35.5 Å². The predicted octanol–water partition coefficient (Wildman–Crippen LogP) is 4.29. The van der Waals surface area contributed by atoms with Crippen molar-refractivity contribution in [2.45, 2.75) is 70.6 Å². The zero-order valence-corrected chi connectivity index (χ0v) is 26.0. The van der Waals surface area contributed by atoms with Gasteiger partial charge in [-0.3, -0.25) is 9.59 Å². The number of benzene rings is 1. The number of nitrogens with zero attached hydrogens (tertiary/aromatic N) is 5. The number of aryl methyl sites for hydroxylation is 1. The van der Waals surface area contributed by atoms with Crippen molar-refractivity contribution in [1.29, 1.82) is 5.26 Å². The van der Waals surface area contributed by atoms with Crippen molar-refractivity contribution in [2.24, 2.45) is 23.9 Å². The van der Waals surface area contributed by atoms with Gasteiger partial charge in [0.25, 0.3) is 11.5 Å². The average Bonchev–Trinajstić information content (AvgIpc) is 3.52. The Kier molecular flexibility index (Phi) is 8.92. The lowest BCUT2D eigenvalue weighted by atomic mass is 9.80. The third kappa shape index (κ3) is 6.40. The number of pyridine rings is 2. The molecule has 1 amide bonds. The number of carbonyl (C=O) groups excluding carboxylic acids is 1. The minimum Gasteiger partial charge on any atom is -0.485 e. The quantitative estimate of drug-likeness (QED) is 0.298. The van der Waals surface area contributed by atoms with Crippen LogP contribution in [0.5, 0.6) is 5.75 Å². The maximum atomic E-state index is 13.5. The van der Waals surface area contributed by atoms with Crippen LogP contribution in [-0.2, 0) is 16.6 Å². The average molecular weight is 601 g/mol. The molecule has 2 aliphatic rings. The fourth-order valence-corrected chi connectivity index (χ4v) is 6.01. The minimum absolute atomic E-state index is 0.0147. The summed E-state index contributed by atoms with van der Waals surface area (Å²) in [6.07, 6.45) is 3.67. The summed E-state index contributed by atoms with van der Waals surface area (Å²) in [6.45, 7) is 6.91. The molecule has 5 rings (SSSR count). The number of nitrogens with two attached hydrogens (primary N) is 1. The number of hydrogen-bond acceptors (Lipinski definition) is 9. The summed E-state index contributed by atoms with van der Waals surface area (Å²) < 4.78 is 12.8. The molecule has 44 heavy (non-hydrogen) atoms. The first kappa shape index (κ1) is 31.0. The summed E-state index contributed by atoms with van der Waals surface area (Å²) in [5, 5.41) is 14.6. The summed E-state index contributed by atoms with van der Waals surface area (Å²) in [7, 11) is 3.42. The molecular weight excluding hydrogens is 560 g/mol. The van der Waals surface area contributed by atoms with Crippen molar-refractivity contribution in [3.05, 3.63) is 63.6 Å². The number of fused-ring (bicyclic) bond motifs is 1. The lowest BCUT2D eigenvalue weighted by Gasteiger charge is -2.37. The molecule has 1 aromatic carbocycles. The van der Waals surface area contributed by atoms with Gasteiger partial charge in [0.2, 0.25) is 0 Å². The van der Waals surface area contributed by atoms with Crippen LogP contribution in [0.2, 0.25) is 0 Å². The van der Waals surface area contributed by atoms with E-state index in [1.54, 1.807) is 13.1 Å². The fourth-order valence-electron chi connectivity index (χ4n) is 6.01. The molecule has 1 saturated heterocycles. The third-order valence-electron chi connectivity index (χ3n) is 8.31. The molecule has 232 valence electrons. The van der Waals surface area contributed by atoms with Crippen molar-refractivity contribution in [2.75, 3.05) is 25.2 Å². The second kappa shape index (κ2) is 12.7. The van der Waals surface area contributed by atoms with Gasteiger partial charge in [-0.25, -0.2) is 4.98 Å². The molecule has 1 aliphatic carbocycles. The summed E-state index contributed by atoms with van der Waals surface area (Å²) in [6, 6.07) is 13.8. The molecule has 1 aliphatic heterocycles. The number of aromatic nitrogens is 2. The Morgan fingerprint density at radius 3 is 2.48 bits per heavy atom. The molecule has 11 nitrogen and oxygen atoms in total. The number of amides is 1. The van der Waals surface area contributed by atoms with E-state index in [0.29, 0.717) is 36.4 Å². The molecule has 0 spiro atoms. The number of oxime groups is 1. The molecular formula is C33H40N6O5. The number of primary amides is 1. The zero-order chi connectivity index (χ0) is 31.6. The maximum Gasteiger partial charge on any atom is 0.265 e. The number of anilines is 1. The monoisotopic (exact) mass is 600 g/mol. The lowest BCUT2D eigenvalue weighted by molar-refractivity contribution is -0.0000325. The van der Waals surface area contributed by atoms with E-state index in [4.69, 9.17) is 20.0 Å². The highest BCUT2D eigenvalue weighted by molar-refractivity contribution is 6.06. The van der Waals surface area contributed by atoms with Crippen molar-refractivity contribution < 1.29 is 19.1 Å². The van der Waals surface area contributed by atoms with Gasteiger partial charge in [0.05, 0.1) is 30.1 Å². The van der Waals surface area contributed by atoms with Gasteiger partial charge in [-0.2, -0.15) is 5.26 Å². The normalized spacial score (nSPS) is 20.7. The van der Waals surface area contributed by atoms with Crippen molar-refractivity contribution in [3.8, 4) is 11.8 Å². The Morgan fingerprint density at radius 2 is 1.89 bits per heavy atom. The molecule has 11 heteroatoms. The zero-order valence-electron chi connectivity index (χ0n) is 26.0. The Bertz CT molecular complexity index is 1660. The van der Waals surface area contributed by atoms with Gasteiger partial charge in [-0.15, -0.1) is 0 Å². The Balaban J connectivity index is 1.49. The predicted molar refractivity (Wildman–Crippen MR) is 168 cm³/mol. The van der Waals surface area contributed by atoms with Crippen LogP contribution in [0, 0.1) is 17.2 Å². The van der Waals surface area contributed by atoms with E-state index >= 15 is 0 Å². The van der Waals surface area contributed by atoms with Crippen LogP contribution in [0.1, 0.15) is 74.5 Å². The molecule has 3 aromatic rings. The first-order valence-corrected chi connectivity index (χ1v) is 15.0. The molecule has 1 saturated carbocycles. The van der Waals surface area contributed by atoms with E-state index in [1.165, 1.54) is 4.57 Å². The molecule has 2 N–H and O–H groups in total. The first-order valence-electron chi connectivity index (χ1n) is 15.0. The standard InChI is InChI=1S/C33H40N6O5/c1-33(2,3)44-37-28(20-9-7-6-8-10-20)21-11-13-22(14-12-21)38(4)30-27(31(35)40)32(41)39(5)25-17-26(24(18-34)36-29(25)30)43-23-15-16-42-19-23/h6-10,17,21-23H,11-16,19H2,1-5H3,(H2,35,40). The van der Waals surface area contributed by atoms with E-state index in [1.807, 2.05) is 63.1 Å². The highest BCUT2D eigenvalue weighted by Crippen LogP contribution is 2.37. The second-order valence-corrected chi connectivity index (χ2v) is 12.5. The van der Waals surface area contributed by atoms with Crippen LogP contribution in [-0.4, -0.2) is 59.2 Å². The third-order valence-corrected chi connectivity index (χ3v) is 8.31. The smallest absolute Gasteiger partial charge is 0.265 e. The number of rotatable bonds is 8. The molecule has 0 radical (unpaired) electrons. The second-order valence-electron chi connectivity index (χ2n) is 12.5. The van der Waals surface area contributed by atoms with E-state index in [9.17, 15) is 14.9 Å². The van der Waals surface area contributed by atoms with Crippen LogP contribution in [0.4, 0.5) is 5.69 Å². The fraction of sp³-hybridized carbons (Fsp3) is 0.485. The summed E-state index contributed by atoms with van der Waals surface area (Å²) in [5.41, 5.74) is 7.85. The van der Waals surface area contributed by atoms with Gasteiger partial charge in [0.15, 0.2) is 11.4 Å². The molecule has 2 aromatic heterocycles. The van der Waals surface area contributed by atoms with E-state index in [-0.39, 0.29) is 35.1 Å². The van der Waals surface area contributed by atoms with Crippen LogP contribution in [0.15, 0.2) is 46.3 Å². The Labute approximate surface area is 257 Å². The van der Waals surface area contributed by atoms with E-state index < -0.39 is 17.1 Å². The SMILES string of the molecule is CN(c1c(C(N)=O)c(=O)n(C)c2cc(OC3CCOC3)c(C#N)nc12)C1CCC(C(=NOC(C)(C)C)c2ccccc2)CC1. The summed E-state index contributed by atoms with van der Waals surface area (Å²) >= 11 is 0. The van der Waals surface area contributed by atoms with Crippen molar-refractivity contribution in [1.82, 2.24) is 9.55 Å². The number of nitriles is 1. The Morgan fingerprint density at radius 1 is 1.18 bits per heavy atom. The molecule has 0 bridgehead atoms. The lowest BCUT2D eigenvalue weighted by Crippen LogP contribution is -2.40. The number of hydrogen-bond donors (Lipinski definition) is 1. The van der Waals surface area contributed by atoms with Gasteiger partial charge in [-0.05, 0) is 52.0 Å². The number of carbonyl (C=O) groups is 1. The highest BCUT2D eigenvalue weighted by atomic mass is 16.6. The van der Waals surface area contributed by atoms with Crippen LogP contribution in [0.3, 0.4) is 0 Å². The topological polar surface area (TPSA) is 145 Å². The first-order chi connectivity index (χ1) is 21.0. The van der Waals surface area contributed by atoms with Crippen LogP contribution in [0.25, 0.3) is 11.0 Å².